The maximum atomic E-state index is 6.08. The van der Waals surface area contributed by atoms with Crippen LogP contribution in [-0.4, -0.2) is 57.3 Å². The van der Waals surface area contributed by atoms with Crippen LogP contribution in [0.2, 0.25) is 0 Å². The van der Waals surface area contributed by atoms with Crippen LogP contribution in [0, 0.1) is 0 Å². The van der Waals surface area contributed by atoms with Crippen molar-refractivity contribution in [2.24, 2.45) is 0 Å². The molecule has 0 saturated carbocycles. The van der Waals surface area contributed by atoms with Crippen LogP contribution >= 0.6 is 0 Å². The van der Waals surface area contributed by atoms with E-state index in [2.05, 4.69) is 35.7 Å². The first-order chi connectivity index (χ1) is 10.2. The van der Waals surface area contributed by atoms with Crippen LogP contribution in [0.15, 0.2) is 25.1 Å². The van der Waals surface area contributed by atoms with Crippen molar-refractivity contribution in [3.8, 4) is 0 Å². The average Bonchev–Trinajstić information content (AvgIpc) is 2.84. The summed E-state index contributed by atoms with van der Waals surface area (Å²) in [5.41, 5.74) is 0. The third kappa shape index (κ3) is 4.32. The Kier molecular flexibility index (Phi) is 8.03. The van der Waals surface area contributed by atoms with Gasteiger partial charge in [-0.15, -0.1) is 6.58 Å². The minimum atomic E-state index is -2.82. The maximum Gasteiger partial charge on any atom is 0.546 e. The van der Waals surface area contributed by atoms with Gasteiger partial charge in [-0.05, 0) is 27.2 Å². The van der Waals surface area contributed by atoms with Crippen LogP contribution in [0.25, 0.3) is 0 Å². The molecule has 1 unspecified atom stereocenters. The fraction of sp³-hybridized carbons (Fsp3) is 0.733. The van der Waals surface area contributed by atoms with Crippen LogP contribution < -0.4 is 0 Å². The molecule has 0 N–H and O–H groups in total. The Hall–Kier alpha value is -0.823. The maximum absolute atomic E-state index is 6.08. The van der Waals surface area contributed by atoms with Crippen LogP contribution in [0.1, 0.15) is 34.1 Å². The van der Waals surface area contributed by atoms with Crippen molar-refractivity contribution >= 4 is 8.80 Å². The van der Waals surface area contributed by atoms with Crippen molar-refractivity contribution < 1.29 is 13.3 Å². The van der Waals surface area contributed by atoms with Crippen LogP contribution in [0.4, 0.5) is 0 Å². The Balaban J connectivity index is 3.09. The van der Waals surface area contributed by atoms with Crippen molar-refractivity contribution in [3.63, 3.8) is 0 Å². The van der Waals surface area contributed by atoms with E-state index in [1.165, 1.54) is 0 Å². The van der Waals surface area contributed by atoms with Gasteiger partial charge in [0.25, 0.3) is 0 Å². The van der Waals surface area contributed by atoms with E-state index in [0.29, 0.717) is 19.8 Å². The monoisotopic (exact) mass is 314 g/mol. The van der Waals surface area contributed by atoms with E-state index in [1.54, 1.807) is 0 Å². The summed E-state index contributed by atoms with van der Waals surface area (Å²) in [4.78, 5) is 4.48. The zero-order valence-electron chi connectivity index (χ0n) is 13.9. The molecule has 1 heterocycles. The molecule has 0 spiro atoms. The topological polar surface area (TPSA) is 34.2 Å². The van der Waals surface area contributed by atoms with Gasteiger partial charge in [-0.2, -0.15) is 0 Å². The Labute approximate surface area is 130 Å². The number of hydrogen-bond acceptors (Lipinski definition) is 5. The van der Waals surface area contributed by atoms with E-state index in [0.717, 1.165) is 19.5 Å². The van der Waals surface area contributed by atoms with Gasteiger partial charge in [0.1, 0.15) is 0 Å². The molecule has 1 aliphatic rings. The molecule has 0 saturated heterocycles. The molecule has 0 aromatic heterocycles. The minimum Gasteiger partial charge on any atom is -0.371 e. The van der Waals surface area contributed by atoms with Gasteiger partial charge in [0, 0.05) is 45.3 Å². The van der Waals surface area contributed by atoms with Gasteiger partial charge in [-0.1, -0.05) is 13.0 Å². The lowest BCUT2D eigenvalue weighted by atomic mass is 10.4. The van der Waals surface area contributed by atoms with Gasteiger partial charge >= 0.3 is 8.80 Å². The summed E-state index contributed by atoms with van der Waals surface area (Å²) < 4.78 is 18.3. The number of nitrogens with zero attached hydrogens (tertiary/aromatic N) is 2. The van der Waals surface area contributed by atoms with Crippen LogP contribution in [-0.2, 0) is 13.3 Å². The molecular weight excluding hydrogens is 284 g/mol. The third-order valence-electron chi connectivity index (χ3n) is 3.25. The fourth-order valence-corrected chi connectivity index (χ4v) is 5.77. The Bertz CT molecular complexity index is 322. The summed E-state index contributed by atoms with van der Waals surface area (Å²) in [5, 5.41) is 0. The molecule has 1 rings (SSSR count). The first kappa shape index (κ1) is 18.2. The summed E-state index contributed by atoms with van der Waals surface area (Å²) >= 11 is 0. The molecule has 6 heteroatoms. The molecule has 0 bridgehead atoms. The molecule has 5 nitrogen and oxygen atoms in total. The van der Waals surface area contributed by atoms with E-state index < -0.39 is 8.80 Å². The summed E-state index contributed by atoms with van der Waals surface area (Å²) in [6.45, 7) is 15.5. The molecule has 0 amide bonds. The summed E-state index contributed by atoms with van der Waals surface area (Å²) in [5.74, 6) is -0.00435. The summed E-state index contributed by atoms with van der Waals surface area (Å²) in [6.07, 6.45) is 7.16. The molecule has 1 aliphatic heterocycles. The van der Waals surface area contributed by atoms with Crippen LogP contribution in [0.3, 0.4) is 0 Å². The predicted octanol–water partition coefficient (Wildman–Crippen LogP) is 2.58. The average molecular weight is 315 g/mol. The minimum absolute atomic E-state index is 0.00435. The molecule has 21 heavy (non-hydrogen) atoms. The number of rotatable bonds is 11. The van der Waals surface area contributed by atoms with Gasteiger partial charge in [-0.3, -0.25) is 0 Å². The van der Waals surface area contributed by atoms with Crippen molar-refractivity contribution in [1.29, 1.82) is 0 Å². The summed E-state index contributed by atoms with van der Waals surface area (Å²) in [6, 6.07) is 0. The highest BCUT2D eigenvalue weighted by atomic mass is 28.4. The van der Waals surface area contributed by atoms with Gasteiger partial charge in [0.2, 0.25) is 0 Å². The SMILES string of the molecule is C=CCN1C=CN(CCC)C1[Si](OCC)(OCC)OCC. The molecule has 0 aromatic rings. The molecule has 0 radical (unpaired) electrons. The smallest absolute Gasteiger partial charge is 0.371 e. The second-order valence-corrected chi connectivity index (χ2v) is 7.39. The lowest BCUT2D eigenvalue weighted by molar-refractivity contribution is 0.0209. The van der Waals surface area contributed by atoms with E-state index in [4.69, 9.17) is 13.3 Å². The lowest BCUT2D eigenvalue weighted by Crippen LogP contribution is -2.65. The van der Waals surface area contributed by atoms with Crippen molar-refractivity contribution in [1.82, 2.24) is 9.80 Å². The molecule has 0 fully saturated rings. The first-order valence-corrected chi connectivity index (χ1v) is 9.71. The van der Waals surface area contributed by atoms with E-state index in [-0.39, 0.29) is 5.79 Å². The molecule has 122 valence electrons. The quantitative estimate of drug-likeness (QED) is 0.432. The normalized spacial score (nSPS) is 18.6. The largest absolute Gasteiger partial charge is 0.546 e. The van der Waals surface area contributed by atoms with Gasteiger partial charge in [-0.25, -0.2) is 0 Å². The Morgan fingerprint density at radius 1 is 1.00 bits per heavy atom. The highest BCUT2D eigenvalue weighted by Crippen LogP contribution is 2.28. The van der Waals surface area contributed by atoms with Crippen molar-refractivity contribution in [3.05, 3.63) is 25.1 Å². The zero-order chi connectivity index (χ0) is 15.7. The highest BCUT2D eigenvalue weighted by Gasteiger charge is 2.55. The Morgan fingerprint density at radius 3 is 1.95 bits per heavy atom. The van der Waals surface area contributed by atoms with Crippen molar-refractivity contribution in [2.45, 2.75) is 39.9 Å². The lowest BCUT2D eigenvalue weighted by Gasteiger charge is -2.42. The standard InChI is InChI=1S/C15H30N2O3Si/c1-6-11-16-13-14-17(12-7-2)15(16)21(18-8-3,19-9-4)20-10-5/h6,13-15H,1,7-12H2,2-5H3. The van der Waals surface area contributed by atoms with E-state index >= 15 is 0 Å². The highest BCUT2D eigenvalue weighted by molar-refractivity contribution is 6.62. The second-order valence-electron chi connectivity index (χ2n) is 4.80. The van der Waals surface area contributed by atoms with Crippen molar-refractivity contribution in [2.75, 3.05) is 32.9 Å². The van der Waals surface area contributed by atoms with Gasteiger partial charge < -0.3 is 23.1 Å². The number of hydrogen-bond donors (Lipinski definition) is 0. The predicted molar refractivity (Wildman–Crippen MR) is 87.5 cm³/mol. The molecule has 1 atom stereocenters. The molecular formula is C15H30N2O3Si. The molecule has 0 aliphatic carbocycles. The zero-order valence-corrected chi connectivity index (χ0v) is 14.9. The van der Waals surface area contributed by atoms with Crippen LogP contribution in [0.5, 0.6) is 0 Å². The van der Waals surface area contributed by atoms with E-state index in [1.807, 2.05) is 26.8 Å². The Morgan fingerprint density at radius 2 is 1.52 bits per heavy atom. The van der Waals surface area contributed by atoms with Gasteiger partial charge in [0.05, 0.1) is 0 Å². The first-order valence-electron chi connectivity index (χ1n) is 7.91. The van der Waals surface area contributed by atoms with Gasteiger partial charge in [0.15, 0.2) is 5.79 Å². The third-order valence-corrected chi connectivity index (χ3v) is 6.62. The van der Waals surface area contributed by atoms with E-state index in [9.17, 15) is 0 Å². The second kappa shape index (κ2) is 9.25. The molecule has 0 aromatic carbocycles. The fourth-order valence-electron chi connectivity index (χ4n) is 2.65. The summed E-state index contributed by atoms with van der Waals surface area (Å²) in [7, 11) is -2.82.